The van der Waals surface area contributed by atoms with Crippen molar-refractivity contribution in [2.45, 2.75) is 110 Å². The van der Waals surface area contributed by atoms with Crippen molar-refractivity contribution >= 4 is 18.3 Å². The van der Waals surface area contributed by atoms with E-state index in [0.717, 1.165) is 31.5 Å². The Labute approximate surface area is 253 Å². The van der Waals surface area contributed by atoms with Gasteiger partial charge >= 0.3 is 18.3 Å². The summed E-state index contributed by atoms with van der Waals surface area (Å²) in [5.41, 5.74) is -0.392. The molecule has 0 spiro atoms. The maximum Gasteiger partial charge on any atom is 0.410 e. The van der Waals surface area contributed by atoms with E-state index in [1.54, 1.807) is 21.7 Å². The fraction of sp³-hybridized carbons (Fsp3) is 0.719. The Morgan fingerprint density at radius 2 is 1.21 bits per heavy atom. The second-order valence-electron chi connectivity index (χ2n) is 13.8. The van der Waals surface area contributed by atoms with Gasteiger partial charge in [-0.2, -0.15) is 0 Å². The molecule has 3 rings (SSSR count). The summed E-state index contributed by atoms with van der Waals surface area (Å²) in [5.74, 6) is 0. The number of likely N-dealkylation sites (tertiary alicyclic amines) is 1. The zero-order chi connectivity index (χ0) is 31.8. The molecule has 0 bridgehead atoms. The van der Waals surface area contributed by atoms with E-state index in [-0.39, 0.29) is 36.0 Å². The van der Waals surface area contributed by atoms with Gasteiger partial charge in [0.1, 0.15) is 17.8 Å². The van der Waals surface area contributed by atoms with Crippen molar-refractivity contribution in [3.63, 3.8) is 0 Å². The molecule has 0 aromatic heterocycles. The van der Waals surface area contributed by atoms with Gasteiger partial charge in [0.15, 0.2) is 0 Å². The Bertz CT molecular complexity index is 1020. The molecule has 1 N–H and O–H groups in total. The minimum atomic E-state index is -0.524. The number of benzene rings is 1. The molecule has 1 aromatic carbocycles. The third-order valence-electron chi connectivity index (χ3n) is 7.94. The van der Waals surface area contributed by atoms with Crippen molar-refractivity contribution < 1.29 is 28.6 Å². The molecule has 3 amide bonds. The summed E-state index contributed by atoms with van der Waals surface area (Å²) in [7, 11) is 3.59. The van der Waals surface area contributed by atoms with Crippen LogP contribution in [0.2, 0.25) is 0 Å². The van der Waals surface area contributed by atoms with Gasteiger partial charge in [0.05, 0.1) is 0 Å². The predicted molar refractivity (Wildman–Crippen MR) is 164 cm³/mol. The molecule has 0 radical (unpaired) electrons. The van der Waals surface area contributed by atoms with Crippen molar-refractivity contribution in [3.8, 4) is 0 Å². The first-order valence-corrected chi connectivity index (χ1v) is 15.0. The Kier molecular flexibility index (Phi) is 12.1. The van der Waals surface area contributed by atoms with Crippen LogP contribution in [0.5, 0.6) is 0 Å². The van der Waals surface area contributed by atoms with Gasteiger partial charge in [0.25, 0.3) is 0 Å². The van der Waals surface area contributed by atoms with Crippen LogP contribution in [0.3, 0.4) is 0 Å². The summed E-state index contributed by atoms with van der Waals surface area (Å²) < 4.78 is 16.2. The first-order valence-electron chi connectivity index (χ1n) is 15.0. The van der Waals surface area contributed by atoms with Gasteiger partial charge < -0.3 is 34.2 Å². The van der Waals surface area contributed by atoms with Crippen LogP contribution in [0.15, 0.2) is 30.3 Å². The molecule has 1 aromatic rings. The first-order chi connectivity index (χ1) is 19.4. The second kappa shape index (κ2) is 14.4. The van der Waals surface area contributed by atoms with Gasteiger partial charge in [-0.15, -0.1) is 0 Å². The van der Waals surface area contributed by atoms with Gasteiger partial charge in [-0.25, -0.2) is 14.4 Å². The number of nitrogens with one attached hydrogen (secondary N) is 1. The quantitative estimate of drug-likeness (QED) is 0.427. The highest BCUT2D eigenvalue weighted by molar-refractivity contribution is 5.70. The normalized spacial score (nSPS) is 18.1. The van der Waals surface area contributed by atoms with E-state index in [0.29, 0.717) is 25.9 Å². The second-order valence-corrected chi connectivity index (χ2v) is 13.8. The van der Waals surface area contributed by atoms with Crippen LogP contribution in [0, 0.1) is 0 Å². The van der Waals surface area contributed by atoms with E-state index in [2.05, 4.69) is 12.2 Å². The van der Waals surface area contributed by atoms with Gasteiger partial charge in [0, 0.05) is 38.3 Å². The van der Waals surface area contributed by atoms with Gasteiger partial charge in [0.2, 0.25) is 0 Å². The Morgan fingerprint density at radius 3 is 1.64 bits per heavy atom. The molecule has 0 atom stereocenters. The first kappa shape index (κ1) is 35.2. The summed E-state index contributed by atoms with van der Waals surface area (Å²) in [6.45, 7) is 18.7. The maximum absolute atomic E-state index is 12.3. The Balaban J connectivity index is 0.000000330. The largest absolute Gasteiger partial charge is 0.445 e. The third-order valence-corrected chi connectivity index (χ3v) is 7.94. The molecule has 2 saturated heterocycles. The molecular formula is C32H54N4O6. The molecule has 10 nitrogen and oxygen atoms in total. The molecule has 238 valence electrons. The number of rotatable bonds is 4. The van der Waals surface area contributed by atoms with E-state index in [1.165, 1.54) is 0 Å². The number of piperidine rings is 2. The van der Waals surface area contributed by atoms with E-state index >= 15 is 0 Å². The number of carbonyl (C=O) groups is 3. The van der Waals surface area contributed by atoms with E-state index in [1.807, 2.05) is 85.8 Å². The highest BCUT2D eigenvalue weighted by atomic mass is 16.6. The lowest BCUT2D eigenvalue weighted by Gasteiger charge is -2.44. The van der Waals surface area contributed by atoms with Gasteiger partial charge in [-0.1, -0.05) is 30.3 Å². The Hall–Kier alpha value is -3.01. The number of amides is 3. The van der Waals surface area contributed by atoms with Crippen molar-refractivity contribution in [1.29, 1.82) is 0 Å². The maximum atomic E-state index is 12.3. The summed E-state index contributed by atoms with van der Waals surface area (Å²) in [5, 5.41) is 3.30. The molecule has 0 saturated carbocycles. The summed E-state index contributed by atoms with van der Waals surface area (Å²) >= 11 is 0. The molecule has 2 heterocycles. The van der Waals surface area contributed by atoms with Gasteiger partial charge in [-0.3, -0.25) is 0 Å². The van der Waals surface area contributed by atoms with Crippen LogP contribution in [0.4, 0.5) is 14.4 Å². The fourth-order valence-electron chi connectivity index (χ4n) is 4.72. The van der Waals surface area contributed by atoms with Crippen molar-refractivity contribution in [2.75, 3.05) is 40.3 Å². The van der Waals surface area contributed by atoms with Crippen LogP contribution < -0.4 is 5.32 Å². The zero-order valence-corrected chi connectivity index (χ0v) is 27.5. The van der Waals surface area contributed by atoms with Crippen molar-refractivity contribution in [3.05, 3.63) is 35.9 Å². The third kappa shape index (κ3) is 11.0. The van der Waals surface area contributed by atoms with Crippen molar-refractivity contribution in [1.82, 2.24) is 20.0 Å². The van der Waals surface area contributed by atoms with Gasteiger partial charge in [-0.05, 0) is 99.7 Å². The van der Waals surface area contributed by atoms with E-state index < -0.39 is 11.2 Å². The molecule has 0 aliphatic carbocycles. The smallest absolute Gasteiger partial charge is 0.410 e. The van der Waals surface area contributed by atoms with Crippen LogP contribution in [0.1, 0.15) is 86.6 Å². The minimum Gasteiger partial charge on any atom is -0.445 e. The molecule has 42 heavy (non-hydrogen) atoms. The van der Waals surface area contributed by atoms with Crippen LogP contribution in [-0.2, 0) is 20.8 Å². The number of hydrogen-bond acceptors (Lipinski definition) is 7. The highest BCUT2D eigenvalue weighted by Gasteiger charge is 2.39. The topological polar surface area (TPSA) is 101 Å². The number of nitrogens with zero attached hydrogens (tertiary/aromatic N) is 3. The predicted octanol–water partition coefficient (Wildman–Crippen LogP) is 6.04. The van der Waals surface area contributed by atoms with E-state index in [9.17, 15) is 14.4 Å². The number of carbonyl (C=O) groups excluding carboxylic acids is 3. The van der Waals surface area contributed by atoms with Crippen LogP contribution >= 0.6 is 0 Å². The fourth-order valence-corrected chi connectivity index (χ4v) is 4.72. The molecule has 10 heteroatoms. The van der Waals surface area contributed by atoms with Crippen molar-refractivity contribution in [2.24, 2.45) is 0 Å². The summed E-state index contributed by atoms with van der Waals surface area (Å²) in [4.78, 5) is 41.7. The molecule has 2 aliphatic heterocycles. The van der Waals surface area contributed by atoms with Crippen LogP contribution in [0.25, 0.3) is 0 Å². The summed E-state index contributed by atoms with van der Waals surface area (Å²) in [6.07, 6.45) is 2.45. The lowest BCUT2D eigenvalue weighted by molar-refractivity contribution is -0.00710. The molecular weight excluding hydrogens is 536 g/mol. The standard InChI is InChI=1S/C20H30N2O4.C12H24N2O2/c1-19(2,3)26-17(23)21(5)20(4)11-13-22(14-12-20)18(24)25-15-16-9-7-6-8-10-16;1-11(2,3)16-10(15)14(5)12(4)6-8-13-9-7-12/h6-10H,11-15H2,1-5H3;13H,6-9H2,1-5H3. The minimum absolute atomic E-state index is 0.0758. The number of ether oxygens (including phenoxy) is 3. The zero-order valence-electron chi connectivity index (χ0n) is 27.5. The average molecular weight is 591 g/mol. The number of hydrogen-bond donors (Lipinski definition) is 1. The van der Waals surface area contributed by atoms with E-state index in [4.69, 9.17) is 14.2 Å². The molecule has 0 unspecified atom stereocenters. The summed E-state index contributed by atoms with van der Waals surface area (Å²) in [6, 6.07) is 9.62. The lowest BCUT2D eigenvalue weighted by atomic mass is 9.88. The molecule has 2 fully saturated rings. The Morgan fingerprint density at radius 1 is 0.786 bits per heavy atom. The monoisotopic (exact) mass is 590 g/mol. The highest BCUT2D eigenvalue weighted by Crippen LogP contribution is 2.29. The lowest BCUT2D eigenvalue weighted by Crippen LogP contribution is -2.55. The SMILES string of the molecule is CN(C(=O)OC(C)(C)C)C1(C)CCN(C(=O)OCc2ccccc2)CC1.CN(C(=O)OC(C)(C)C)C1(C)CCNCC1. The average Bonchev–Trinajstić information content (AvgIpc) is 2.90. The molecule has 2 aliphatic rings. The van der Waals surface area contributed by atoms with Crippen LogP contribution in [-0.4, -0.2) is 95.5 Å².